The third kappa shape index (κ3) is 3.47. The maximum absolute atomic E-state index is 8.71. The molecular formula is C15H23N3O. The largest absolute Gasteiger partial charge is 0.409 e. The molecule has 0 aliphatic carbocycles. The number of hydrogen-bond acceptors (Lipinski definition) is 3. The van der Waals surface area contributed by atoms with E-state index in [0.717, 1.165) is 30.5 Å². The first-order chi connectivity index (χ1) is 9.10. The normalized spacial score (nSPS) is 21.2. The van der Waals surface area contributed by atoms with E-state index in [-0.39, 0.29) is 5.84 Å². The van der Waals surface area contributed by atoms with Crippen molar-refractivity contribution in [1.82, 2.24) is 4.90 Å². The molecule has 0 bridgehead atoms. The Morgan fingerprint density at radius 3 is 2.95 bits per heavy atom. The maximum Gasteiger partial charge on any atom is 0.170 e. The molecule has 1 unspecified atom stereocenters. The molecular weight excluding hydrogens is 238 g/mol. The molecule has 19 heavy (non-hydrogen) atoms. The van der Waals surface area contributed by atoms with Gasteiger partial charge in [-0.1, -0.05) is 37.2 Å². The number of amidine groups is 1. The molecule has 1 saturated heterocycles. The van der Waals surface area contributed by atoms with Crippen LogP contribution in [0.1, 0.15) is 31.4 Å². The molecule has 1 fully saturated rings. The van der Waals surface area contributed by atoms with Crippen LogP contribution in [0, 0.1) is 11.8 Å². The Kier molecular flexibility index (Phi) is 4.43. The summed E-state index contributed by atoms with van der Waals surface area (Å²) in [6.07, 6.45) is 1.29. The van der Waals surface area contributed by atoms with Crippen molar-refractivity contribution in [1.29, 1.82) is 0 Å². The first-order valence-corrected chi connectivity index (χ1v) is 6.89. The van der Waals surface area contributed by atoms with Crippen LogP contribution < -0.4 is 5.73 Å². The van der Waals surface area contributed by atoms with Gasteiger partial charge in [0.15, 0.2) is 5.84 Å². The molecule has 1 aromatic rings. The first-order valence-electron chi connectivity index (χ1n) is 6.89. The number of oxime groups is 1. The molecule has 4 nitrogen and oxygen atoms in total. The SMILES string of the molecule is CC(C)C1CCN(Cc2cccc(/C(N)=N/O)c2)C1. The summed E-state index contributed by atoms with van der Waals surface area (Å²) >= 11 is 0. The summed E-state index contributed by atoms with van der Waals surface area (Å²) in [7, 11) is 0. The number of benzene rings is 1. The zero-order valence-corrected chi connectivity index (χ0v) is 11.7. The van der Waals surface area contributed by atoms with E-state index in [1.807, 2.05) is 18.2 Å². The molecule has 1 aromatic carbocycles. The molecule has 0 amide bonds. The highest BCUT2D eigenvalue weighted by atomic mass is 16.4. The lowest BCUT2D eigenvalue weighted by atomic mass is 9.95. The number of hydrogen-bond donors (Lipinski definition) is 2. The monoisotopic (exact) mass is 261 g/mol. The van der Waals surface area contributed by atoms with Gasteiger partial charge in [-0.25, -0.2) is 0 Å². The molecule has 0 aromatic heterocycles. The van der Waals surface area contributed by atoms with E-state index >= 15 is 0 Å². The van der Waals surface area contributed by atoms with Crippen molar-refractivity contribution in [3.63, 3.8) is 0 Å². The van der Waals surface area contributed by atoms with Gasteiger partial charge in [0.1, 0.15) is 0 Å². The molecule has 1 aliphatic rings. The van der Waals surface area contributed by atoms with Crippen molar-refractivity contribution < 1.29 is 5.21 Å². The van der Waals surface area contributed by atoms with Crippen LogP contribution >= 0.6 is 0 Å². The van der Waals surface area contributed by atoms with E-state index < -0.39 is 0 Å². The fraction of sp³-hybridized carbons (Fsp3) is 0.533. The van der Waals surface area contributed by atoms with Crippen LogP contribution in [0.3, 0.4) is 0 Å². The lowest BCUT2D eigenvalue weighted by Gasteiger charge is -2.18. The Labute approximate surface area is 114 Å². The molecule has 0 saturated carbocycles. The third-order valence-corrected chi connectivity index (χ3v) is 3.99. The standard InChI is InChI=1S/C15H23N3O/c1-11(2)14-6-7-18(10-14)9-12-4-3-5-13(8-12)15(16)17-19/h3-5,8,11,14,19H,6-7,9-10H2,1-2H3,(H2,16,17). The van der Waals surface area contributed by atoms with Crippen molar-refractivity contribution >= 4 is 5.84 Å². The lowest BCUT2D eigenvalue weighted by Crippen LogP contribution is -2.22. The predicted molar refractivity (Wildman–Crippen MR) is 77.2 cm³/mol. The van der Waals surface area contributed by atoms with Crippen molar-refractivity contribution in [2.75, 3.05) is 13.1 Å². The van der Waals surface area contributed by atoms with Crippen LogP contribution in [0.4, 0.5) is 0 Å². The fourth-order valence-electron chi connectivity index (χ4n) is 2.70. The minimum Gasteiger partial charge on any atom is -0.409 e. The predicted octanol–water partition coefficient (Wildman–Crippen LogP) is 2.26. The van der Waals surface area contributed by atoms with E-state index in [2.05, 4.69) is 30.0 Å². The van der Waals surface area contributed by atoms with Crippen molar-refractivity contribution in [3.05, 3.63) is 35.4 Å². The molecule has 3 N–H and O–H groups in total. The van der Waals surface area contributed by atoms with Crippen LogP contribution in [0.15, 0.2) is 29.4 Å². The smallest absolute Gasteiger partial charge is 0.170 e. The summed E-state index contributed by atoms with van der Waals surface area (Å²) in [5.74, 6) is 1.74. The van der Waals surface area contributed by atoms with E-state index in [4.69, 9.17) is 10.9 Å². The third-order valence-electron chi connectivity index (χ3n) is 3.99. The maximum atomic E-state index is 8.71. The van der Waals surface area contributed by atoms with Gasteiger partial charge in [-0.3, -0.25) is 4.90 Å². The van der Waals surface area contributed by atoms with Crippen LogP contribution in [-0.4, -0.2) is 29.0 Å². The molecule has 2 rings (SSSR count). The Morgan fingerprint density at radius 1 is 1.53 bits per heavy atom. The molecule has 104 valence electrons. The molecule has 4 heteroatoms. The number of nitrogens with two attached hydrogens (primary N) is 1. The lowest BCUT2D eigenvalue weighted by molar-refractivity contribution is 0.297. The van der Waals surface area contributed by atoms with Gasteiger partial charge in [-0.05, 0) is 36.4 Å². The summed E-state index contributed by atoms with van der Waals surface area (Å²) in [6, 6.07) is 7.91. The summed E-state index contributed by atoms with van der Waals surface area (Å²) in [5.41, 5.74) is 7.61. The second kappa shape index (κ2) is 6.06. The number of rotatable bonds is 4. The minimum absolute atomic E-state index is 0.170. The second-order valence-electron chi connectivity index (χ2n) is 5.71. The topological polar surface area (TPSA) is 61.8 Å². The number of likely N-dealkylation sites (tertiary alicyclic amines) is 1. The molecule has 0 radical (unpaired) electrons. The van der Waals surface area contributed by atoms with Crippen LogP contribution in [0.25, 0.3) is 0 Å². The highest BCUT2D eigenvalue weighted by Crippen LogP contribution is 2.24. The zero-order valence-electron chi connectivity index (χ0n) is 11.7. The molecule has 1 atom stereocenters. The van der Waals surface area contributed by atoms with Crippen molar-refractivity contribution in [2.45, 2.75) is 26.8 Å². The highest BCUT2D eigenvalue weighted by Gasteiger charge is 2.24. The molecule has 1 heterocycles. The second-order valence-corrected chi connectivity index (χ2v) is 5.71. The van der Waals surface area contributed by atoms with Crippen molar-refractivity contribution in [3.8, 4) is 0 Å². The molecule has 0 spiro atoms. The van der Waals surface area contributed by atoms with Gasteiger partial charge in [0.25, 0.3) is 0 Å². The summed E-state index contributed by atoms with van der Waals surface area (Å²) in [6.45, 7) is 7.87. The quantitative estimate of drug-likeness (QED) is 0.378. The average Bonchev–Trinajstić information content (AvgIpc) is 2.87. The molecule has 1 aliphatic heterocycles. The fourth-order valence-corrected chi connectivity index (χ4v) is 2.70. The number of nitrogens with zero attached hydrogens (tertiary/aromatic N) is 2. The van der Waals surface area contributed by atoms with Gasteiger partial charge in [0.2, 0.25) is 0 Å². The Bertz CT molecular complexity index is 456. The van der Waals surface area contributed by atoms with Gasteiger partial charge in [-0.15, -0.1) is 0 Å². The van der Waals surface area contributed by atoms with Gasteiger partial charge in [-0.2, -0.15) is 0 Å². The van der Waals surface area contributed by atoms with Gasteiger partial charge >= 0.3 is 0 Å². The van der Waals surface area contributed by atoms with Gasteiger partial charge in [0, 0.05) is 18.7 Å². The van der Waals surface area contributed by atoms with E-state index in [1.165, 1.54) is 18.5 Å². The summed E-state index contributed by atoms with van der Waals surface area (Å²) < 4.78 is 0. The van der Waals surface area contributed by atoms with Crippen LogP contribution in [-0.2, 0) is 6.54 Å². The Morgan fingerprint density at radius 2 is 2.32 bits per heavy atom. The van der Waals surface area contributed by atoms with Gasteiger partial charge in [0.05, 0.1) is 0 Å². The van der Waals surface area contributed by atoms with Crippen LogP contribution in [0.5, 0.6) is 0 Å². The van der Waals surface area contributed by atoms with Crippen molar-refractivity contribution in [2.24, 2.45) is 22.7 Å². The average molecular weight is 261 g/mol. The Balaban J connectivity index is 2.00. The Hall–Kier alpha value is -1.55. The first kappa shape index (κ1) is 13.9. The summed E-state index contributed by atoms with van der Waals surface area (Å²) in [4.78, 5) is 2.48. The highest BCUT2D eigenvalue weighted by molar-refractivity contribution is 5.97. The van der Waals surface area contributed by atoms with Crippen LogP contribution in [0.2, 0.25) is 0 Å². The minimum atomic E-state index is 0.170. The van der Waals surface area contributed by atoms with Gasteiger partial charge < -0.3 is 10.9 Å². The summed E-state index contributed by atoms with van der Waals surface area (Å²) in [5, 5.41) is 11.8. The van der Waals surface area contributed by atoms with E-state index in [1.54, 1.807) is 0 Å². The van der Waals surface area contributed by atoms with E-state index in [9.17, 15) is 0 Å². The zero-order chi connectivity index (χ0) is 13.8. The van der Waals surface area contributed by atoms with E-state index in [0.29, 0.717) is 0 Å².